The topological polar surface area (TPSA) is 448 Å². The van der Waals surface area contributed by atoms with Gasteiger partial charge in [-0.1, -0.05) is 0 Å². The highest BCUT2D eigenvalue weighted by molar-refractivity contribution is 8.03. The molecule has 0 aromatic heterocycles. The summed E-state index contributed by atoms with van der Waals surface area (Å²) in [5.74, 6) is -33.3. The van der Waals surface area contributed by atoms with E-state index in [-0.39, 0.29) is 10.7 Å². The number of hydrogen-bond acceptors (Lipinski definition) is 29. The van der Waals surface area contributed by atoms with E-state index in [1.807, 2.05) is 0 Å². The second-order valence-electron chi connectivity index (χ2n) is 17.0. The van der Waals surface area contributed by atoms with Crippen LogP contribution in [0.25, 0.3) is 11.1 Å². The minimum absolute atomic E-state index is 0.285. The zero-order valence-electron chi connectivity index (χ0n) is 36.8. The summed E-state index contributed by atoms with van der Waals surface area (Å²) in [6, 6.07) is 1.28. The molecule has 5 aliphatic heterocycles. The Morgan fingerprint density at radius 1 is 0.676 bits per heavy atom. The number of phenolic OH excluding ortho intramolecular Hbond substituents is 11. The highest BCUT2D eigenvalue weighted by Crippen LogP contribution is 2.62. The molecule has 0 radical (unpaired) electrons. The first kappa shape index (κ1) is 48.4. The first-order valence-electron chi connectivity index (χ1n) is 21.2. The Morgan fingerprint density at radius 3 is 1.85 bits per heavy atom. The summed E-state index contributed by atoms with van der Waals surface area (Å²) < 4.78 is 45.4. The van der Waals surface area contributed by atoms with Crippen molar-refractivity contribution in [2.75, 3.05) is 19.5 Å². The van der Waals surface area contributed by atoms with E-state index in [9.17, 15) is 90.0 Å². The Balaban J connectivity index is 1.21. The van der Waals surface area contributed by atoms with Crippen molar-refractivity contribution in [2.45, 2.75) is 48.5 Å². The lowest BCUT2D eigenvalue weighted by Gasteiger charge is -2.45. The van der Waals surface area contributed by atoms with Gasteiger partial charge in [0.05, 0.1) is 41.0 Å². The third-order valence-corrected chi connectivity index (χ3v) is 14.1. The molecule has 0 unspecified atom stereocenters. The van der Waals surface area contributed by atoms with Crippen molar-refractivity contribution in [1.29, 1.82) is 0 Å². The summed E-state index contributed by atoms with van der Waals surface area (Å²) in [5, 5.41) is 133. The van der Waals surface area contributed by atoms with Gasteiger partial charge in [0.25, 0.3) is 11.6 Å². The fraction of sp³-hybridized carbons (Fsp3) is 0.267. The largest absolute Gasteiger partial charge is 0.504 e. The number of methoxy groups -OCH3 is 1. The van der Waals surface area contributed by atoms with Gasteiger partial charge >= 0.3 is 35.8 Å². The third-order valence-electron chi connectivity index (χ3n) is 12.8. The number of fused-ring (bicyclic) bond motifs is 4. The summed E-state index contributed by atoms with van der Waals surface area (Å²) in [4.78, 5) is 100. The zero-order chi connectivity index (χ0) is 53.3. The Labute approximate surface area is 413 Å². The van der Waals surface area contributed by atoms with Crippen LogP contribution < -0.4 is 10.1 Å². The van der Waals surface area contributed by atoms with Crippen molar-refractivity contribution in [1.82, 2.24) is 5.32 Å². The number of ketones is 1. The Morgan fingerprint density at radius 2 is 1.23 bits per heavy atom. The number of phenols is 11. The lowest BCUT2D eigenvalue weighted by Crippen LogP contribution is -2.64. The SMILES string of the molecule is COC(=O)[C@@H]1CSC2=C(N1)C(=O)[C@]1(O)Oc3c(O)c(O)cc4c3[C@@H]1[C@H]2C(=O)O[C@H]1[C@@H]2OC(=O)c3cc(O)c(O)c(O)c3-c3c(cc(O)c(O)c3O)C(=O)OC[C@H]1O[C@@H](OC(=O)c1cc(O)c(O)c(O)c1)[C@@H]2OC4=O. The molecule has 10 rings (SSSR count). The first-order valence-corrected chi connectivity index (χ1v) is 22.2. The molecule has 29 heteroatoms. The average Bonchev–Trinajstić information content (AvgIpc) is 3.68. The second kappa shape index (κ2) is 17.0. The molecule has 13 N–H and O–H groups in total. The van der Waals surface area contributed by atoms with Crippen LogP contribution in [0.2, 0.25) is 0 Å². The molecule has 28 nitrogen and oxygen atoms in total. The van der Waals surface area contributed by atoms with Gasteiger partial charge < -0.3 is 104 Å². The van der Waals surface area contributed by atoms with E-state index < -0.39 is 216 Å². The predicted molar refractivity (Wildman–Crippen MR) is 231 cm³/mol. The van der Waals surface area contributed by atoms with Crippen LogP contribution in [0.15, 0.2) is 40.9 Å². The standard InChI is InChI=1S/C45H33NO27S/c1-66-42(63)13-8-74-36-23-24-22-12(6-18(51)29(55)33(22)73-45(24,65)37(58)25(36)46-13)41(62)71-35-34-32(69-43(23)64)19(68-44(35)72-38(59)9-2-14(47)26(52)15(48)3-9)7-67-39(60)10-4-16(49)27(53)30(56)20(10)21-11(40(61)70-34)5-17(50)28(54)31(21)57/h2-6,13,19,23-24,32,34-35,44,46-57,65H,7-8H2,1H3/t13-,19+,23+,24+,32+,34-,35+,44-,45+/m0/s1. The molecule has 0 spiro atoms. The van der Waals surface area contributed by atoms with Crippen molar-refractivity contribution in [3.63, 3.8) is 0 Å². The van der Waals surface area contributed by atoms with E-state index in [0.29, 0.717) is 42.1 Å². The molecule has 4 aromatic carbocycles. The zero-order valence-corrected chi connectivity index (χ0v) is 37.6. The Bertz CT molecular complexity index is 3270. The van der Waals surface area contributed by atoms with Crippen molar-refractivity contribution in [3.05, 3.63) is 68.8 Å². The molecule has 4 bridgehead atoms. The minimum Gasteiger partial charge on any atom is -0.504 e. The van der Waals surface area contributed by atoms with Crippen molar-refractivity contribution < 1.29 is 133 Å². The van der Waals surface area contributed by atoms with Gasteiger partial charge in [0.15, 0.2) is 64.0 Å². The quantitative estimate of drug-likeness (QED) is 0.0729. The normalized spacial score (nSPS) is 26.7. The molecule has 1 saturated heterocycles. The van der Waals surface area contributed by atoms with Gasteiger partial charge in [-0.05, 0) is 30.3 Å². The number of benzene rings is 4. The minimum atomic E-state index is -3.33. The number of aromatic hydroxyl groups is 11. The number of cyclic esters (lactones) is 1. The van der Waals surface area contributed by atoms with E-state index in [1.165, 1.54) is 0 Å². The van der Waals surface area contributed by atoms with Crippen molar-refractivity contribution in [3.8, 4) is 80.1 Å². The molecule has 4 aromatic rings. The maximum atomic E-state index is 15.3. The van der Waals surface area contributed by atoms with Gasteiger partial charge in [0.1, 0.15) is 24.7 Å². The lowest BCUT2D eigenvalue weighted by molar-refractivity contribution is -0.287. The maximum Gasteiger partial charge on any atom is 0.340 e. The van der Waals surface area contributed by atoms with Gasteiger partial charge in [-0.25, -0.2) is 24.0 Å². The Kier molecular flexibility index (Phi) is 11.1. The maximum absolute atomic E-state index is 15.3. The van der Waals surface area contributed by atoms with Gasteiger partial charge in [-0.3, -0.25) is 9.59 Å². The second-order valence-corrected chi connectivity index (χ2v) is 18.0. The molecule has 9 atom stereocenters. The molecular weight excluding hydrogens is 1020 g/mol. The number of esters is 6. The summed E-state index contributed by atoms with van der Waals surface area (Å²) in [7, 11) is 1.03. The average molecular weight is 1050 g/mol. The van der Waals surface area contributed by atoms with E-state index in [2.05, 4.69) is 5.32 Å². The molecule has 5 heterocycles. The molecule has 0 saturated carbocycles. The first-order chi connectivity index (χ1) is 35.0. The van der Waals surface area contributed by atoms with Crippen LogP contribution in [-0.4, -0.2) is 165 Å². The van der Waals surface area contributed by atoms with Crippen LogP contribution >= 0.6 is 11.8 Å². The van der Waals surface area contributed by atoms with Crippen molar-refractivity contribution >= 4 is 53.4 Å². The molecular formula is C45H33NO27S. The van der Waals surface area contributed by atoms with Crippen LogP contribution in [0.4, 0.5) is 0 Å². The number of carbonyl (C=O) groups excluding carboxylic acids is 7. The summed E-state index contributed by atoms with van der Waals surface area (Å²) >= 11 is 0.676. The number of Topliss-reactive ketones (excluding diaryl/α,β-unsaturated/α-hetero) is 1. The smallest absolute Gasteiger partial charge is 0.340 e. The van der Waals surface area contributed by atoms with Crippen LogP contribution in [0.1, 0.15) is 52.9 Å². The van der Waals surface area contributed by atoms with E-state index in [1.54, 1.807) is 0 Å². The number of thioether (sulfide) groups is 1. The van der Waals surface area contributed by atoms with Crippen LogP contribution in [0, 0.1) is 5.92 Å². The monoisotopic (exact) mass is 1050 g/mol. The van der Waals surface area contributed by atoms with Crippen LogP contribution in [0.5, 0.6) is 69.0 Å². The van der Waals surface area contributed by atoms with E-state index >= 15 is 4.79 Å². The molecule has 74 heavy (non-hydrogen) atoms. The lowest BCUT2D eigenvalue weighted by atomic mass is 9.72. The number of nitrogens with one attached hydrogen (secondary N) is 1. The van der Waals surface area contributed by atoms with Crippen LogP contribution in [-0.2, 0) is 47.5 Å². The van der Waals surface area contributed by atoms with Gasteiger partial charge in [0.2, 0.25) is 29.6 Å². The molecule has 1 aliphatic carbocycles. The number of hydrogen-bond donors (Lipinski definition) is 13. The molecule has 6 aliphatic rings. The van der Waals surface area contributed by atoms with E-state index in [0.717, 1.165) is 7.11 Å². The number of ether oxygens (including phenoxy) is 8. The summed E-state index contributed by atoms with van der Waals surface area (Å²) in [6.45, 7) is -1.27. The van der Waals surface area contributed by atoms with Gasteiger partial charge in [-0.15, -0.1) is 11.8 Å². The Hall–Kier alpha value is -9.22. The summed E-state index contributed by atoms with van der Waals surface area (Å²) in [5.41, 5.74) is -7.32. The van der Waals surface area contributed by atoms with Gasteiger partial charge in [-0.2, -0.15) is 0 Å². The van der Waals surface area contributed by atoms with Gasteiger partial charge in [0, 0.05) is 27.3 Å². The molecule has 0 amide bonds. The number of rotatable bonds is 3. The number of carbonyl (C=O) groups is 7. The van der Waals surface area contributed by atoms with Crippen molar-refractivity contribution in [2.24, 2.45) is 5.92 Å². The summed E-state index contributed by atoms with van der Waals surface area (Å²) in [6.07, 6.45) is -12.1. The molecule has 386 valence electrons. The predicted octanol–water partition coefficient (Wildman–Crippen LogP) is -0.00300. The highest BCUT2D eigenvalue weighted by Gasteiger charge is 2.67. The fourth-order valence-electron chi connectivity index (χ4n) is 9.36. The number of aliphatic hydroxyl groups is 1. The third kappa shape index (κ3) is 7.09. The highest BCUT2D eigenvalue weighted by atomic mass is 32.2. The fourth-order valence-corrected chi connectivity index (χ4v) is 10.6. The van der Waals surface area contributed by atoms with E-state index in [4.69, 9.17) is 37.9 Å². The van der Waals surface area contributed by atoms with Crippen LogP contribution in [0.3, 0.4) is 0 Å². The molecule has 1 fully saturated rings.